The molecule has 0 bridgehead atoms. The van der Waals surface area contributed by atoms with Gasteiger partial charge in [0.05, 0.1) is 6.10 Å². The summed E-state index contributed by atoms with van der Waals surface area (Å²) in [6.07, 6.45) is 5.79. The Labute approximate surface area is 90.1 Å². The molecule has 2 aliphatic rings. The molecule has 0 amide bonds. The number of allylic oxidation sites excluding steroid dienone is 1. The smallest absolute Gasteiger partial charge is 0.118 e. The summed E-state index contributed by atoms with van der Waals surface area (Å²) in [7, 11) is 0. The van der Waals surface area contributed by atoms with E-state index in [1.54, 1.807) is 0 Å². The van der Waals surface area contributed by atoms with Crippen LogP contribution in [0.3, 0.4) is 0 Å². The highest BCUT2D eigenvalue weighted by Crippen LogP contribution is 2.43. The first-order valence-electron chi connectivity index (χ1n) is 5.46. The van der Waals surface area contributed by atoms with Crippen LogP contribution >= 0.6 is 0 Å². The summed E-state index contributed by atoms with van der Waals surface area (Å²) in [5, 5.41) is 18.7. The highest BCUT2D eigenvalue weighted by molar-refractivity contribution is 5.13. The van der Waals surface area contributed by atoms with Crippen molar-refractivity contribution in [2.24, 2.45) is 11.8 Å². The maximum atomic E-state index is 9.37. The first-order chi connectivity index (χ1) is 7.13. The quantitative estimate of drug-likeness (QED) is 0.523. The highest BCUT2D eigenvalue weighted by Gasteiger charge is 2.43. The second-order valence-corrected chi connectivity index (χ2v) is 4.48. The van der Waals surface area contributed by atoms with E-state index >= 15 is 0 Å². The van der Waals surface area contributed by atoms with Crippen LogP contribution in [0.1, 0.15) is 13.3 Å². The van der Waals surface area contributed by atoms with Crippen molar-refractivity contribution in [2.75, 3.05) is 0 Å². The summed E-state index contributed by atoms with van der Waals surface area (Å²) < 4.78 is 5.27. The molecule has 0 aromatic heterocycles. The van der Waals surface area contributed by atoms with Crippen molar-refractivity contribution in [1.82, 2.24) is 0 Å². The van der Waals surface area contributed by atoms with Crippen molar-refractivity contribution in [3.05, 3.63) is 24.8 Å². The van der Waals surface area contributed by atoms with Gasteiger partial charge in [0.25, 0.3) is 0 Å². The Morgan fingerprint density at radius 2 is 2.13 bits per heavy atom. The average Bonchev–Trinajstić information content (AvgIpc) is 3.06. The molecule has 3 nitrogen and oxygen atoms in total. The second kappa shape index (κ2) is 4.08. The molecule has 0 radical (unpaired) electrons. The third-order valence-corrected chi connectivity index (χ3v) is 3.20. The molecule has 1 aliphatic heterocycles. The molecular weight excluding hydrogens is 192 g/mol. The van der Waals surface area contributed by atoms with E-state index in [1.807, 2.05) is 13.0 Å². The van der Waals surface area contributed by atoms with E-state index in [0.717, 1.165) is 6.42 Å². The molecule has 2 fully saturated rings. The molecule has 0 aromatic rings. The first-order valence-corrected chi connectivity index (χ1v) is 5.46. The summed E-state index contributed by atoms with van der Waals surface area (Å²) in [5.74, 6) is 0.915. The van der Waals surface area contributed by atoms with Crippen LogP contribution in [-0.4, -0.2) is 34.6 Å². The number of aliphatic hydroxyl groups is 2. The number of epoxide rings is 1. The Morgan fingerprint density at radius 3 is 2.67 bits per heavy atom. The first kappa shape index (κ1) is 10.9. The minimum absolute atomic E-state index is 0.0354. The largest absolute Gasteiger partial charge is 0.393 e. The Morgan fingerprint density at radius 1 is 1.40 bits per heavy atom. The molecule has 84 valence electrons. The molecule has 0 unspecified atom stereocenters. The Kier molecular flexibility index (Phi) is 2.96. The van der Waals surface area contributed by atoms with Gasteiger partial charge in [0.15, 0.2) is 0 Å². The summed E-state index contributed by atoms with van der Waals surface area (Å²) in [5.41, 5.74) is 0. The Bertz CT molecular complexity index is 272. The lowest BCUT2D eigenvalue weighted by molar-refractivity contribution is 0.167. The van der Waals surface area contributed by atoms with Gasteiger partial charge >= 0.3 is 0 Å². The van der Waals surface area contributed by atoms with E-state index in [2.05, 4.69) is 12.7 Å². The molecule has 0 aromatic carbocycles. The zero-order chi connectivity index (χ0) is 11.0. The minimum atomic E-state index is -0.564. The average molecular weight is 210 g/mol. The van der Waals surface area contributed by atoms with Gasteiger partial charge in [-0.15, -0.1) is 6.58 Å². The van der Waals surface area contributed by atoms with Gasteiger partial charge in [-0.3, -0.25) is 0 Å². The minimum Gasteiger partial charge on any atom is -0.393 e. The second-order valence-electron chi connectivity index (χ2n) is 4.48. The van der Waals surface area contributed by atoms with Crippen molar-refractivity contribution < 1.29 is 14.9 Å². The lowest BCUT2D eigenvalue weighted by Gasteiger charge is -1.98. The van der Waals surface area contributed by atoms with E-state index in [-0.39, 0.29) is 18.3 Å². The van der Waals surface area contributed by atoms with Crippen LogP contribution in [0.4, 0.5) is 0 Å². The van der Waals surface area contributed by atoms with Crippen LogP contribution in [0, 0.1) is 11.8 Å². The van der Waals surface area contributed by atoms with Crippen LogP contribution in [0.2, 0.25) is 0 Å². The molecular formula is C12H18O3. The highest BCUT2D eigenvalue weighted by atomic mass is 16.6. The van der Waals surface area contributed by atoms with Gasteiger partial charge in [-0.2, -0.15) is 0 Å². The van der Waals surface area contributed by atoms with Crippen molar-refractivity contribution in [3.8, 4) is 0 Å². The topological polar surface area (TPSA) is 53.0 Å². The summed E-state index contributed by atoms with van der Waals surface area (Å²) in [6.45, 7) is 5.34. The number of ether oxygens (including phenoxy) is 1. The Hall–Kier alpha value is -0.640. The lowest BCUT2D eigenvalue weighted by atomic mass is 10.1. The number of hydrogen-bond acceptors (Lipinski definition) is 3. The van der Waals surface area contributed by atoms with Crippen LogP contribution < -0.4 is 0 Å². The van der Waals surface area contributed by atoms with Gasteiger partial charge in [-0.1, -0.05) is 18.2 Å². The third-order valence-electron chi connectivity index (χ3n) is 3.20. The zero-order valence-electron chi connectivity index (χ0n) is 8.91. The van der Waals surface area contributed by atoms with Gasteiger partial charge in [0.2, 0.25) is 0 Å². The molecule has 1 aliphatic carbocycles. The molecule has 0 spiro atoms. The lowest BCUT2D eigenvalue weighted by Crippen LogP contribution is -2.12. The summed E-state index contributed by atoms with van der Waals surface area (Å²) in [4.78, 5) is 0. The van der Waals surface area contributed by atoms with Crippen LogP contribution in [0.15, 0.2) is 24.8 Å². The fourth-order valence-electron chi connectivity index (χ4n) is 1.96. The van der Waals surface area contributed by atoms with Gasteiger partial charge in [-0.05, 0) is 25.2 Å². The molecule has 1 heterocycles. The number of rotatable bonds is 5. The predicted octanol–water partition coefficient (Wildman–Crippen LogP) is 0.874. The standard InChI is InChI=1S/C12H18O3/c1-3-10(14)12-11(15-12)5-4-8-6-9(8)7(2)13/h3-5,7-14H,1,6H2,2H3/b5-4+/t7-,8-,9+,10-,11+,12+/m1/s1. The molecule has 2 rings (SSSR count). The third kappa shape index (κ3) is 2.48. The normalized spacial score (nSPS) is 42.6. The van der Waals surface area contributed by atoms with Crippen molar-refractivity contribution >= 4 is 0 Å². The molecule has 6 atom stereocenters. The summed E-state index contributed by atoms with van der Waals surface area (Å²) >= 11 is 0. The maximum Gasteiger partial charge on any atom is 0.118 e. The van der Waals surface area contributed by atoms with Gasteiger partial charge in [-0.25, -0.2) is 0 Å². The van der Waals surface area contributed by atoms with Crippen molar-refractivity contribution in [1.29, 1.82) is 0 Å². The van der Waals surface area contributed by atoms with Gasteiger partial charge in [0, 0.05) is 0 Å². The van der Waals surface area contributed by atoms with Gasteiger partial charge in [0.1, 0.15) is 18.3 Å². The predicted molar refractivity (Wildman–Crippen MR) is 57.3 cm³/mol. The molecule has 3 heteroatoms. The van der Waals surface area contributed by atoms with Crippen LogP contribution in [0.25, 0.3) is 0 Å². The molecule has 15 heavy (non-hydrogen) atoms. The van der Waals surface area contributed by atoms with E-state index in [9.17, 15) is 10.2 Å². The van der Waals surface area contributed by atoms with E-state index in [1.165, 1.54) is 6.08 Å². The number of hydrogen-bond donors (Lipinski definition) is 2. The fourth-order valence-corrected chi connectivity index (χ4v) is 1.96. The molecule has 1 saturated carbocycles. The number of aliphatic hydroxyl groups excluding tert-OH is 2. The van der Waals surface area contributed by atoms with Gasteiger partial charge < -0.3 is 14.9 Å². The van der Waals surface area contributed by atoms with Crippen molar-refractivity contribution in [3.63, 3.8) is 0 Å². The van der Waals surface area contributed by atoms with E-state index < -0.39 is 6.10 Å². The Balaban J connectivity index is 1.72. The molecule has 2 N–H and O–H groups in total. The zero-order valence-corrected chi connectivity index (χ0v) is 8.91. The maximum absolute atomic E-state index is 9.37. The SMILES string of the molecule is C=C[C@@H](O)[C@@H]1O[C@H]1/C=C/[C@@H]1C[C@H]1[C@@H](C)O. The fraction of sp³-hybridized carbons (Fsp3) is 0.667. The summed E-state index contributed by atoms with van der Waals surface area (Å²) in [6, 6.07) is 0. The van der Waals surface area contributed by atoms with Crippen LogP contribution in [-0.2, 0) is 4.74 Å². The van der Waals surface area contributed by atoms with E-state index in [4.69, 9.17) is 4.74 Å². The van der Waals surface area contributed by atoms with E-state index in [0.29, 0.717) is 11.8 Å². The molecule has 1 saturated heterocycles. The van der Waals surface area contributed by atoms with Crippen molar-refractivity contribution in [2.45, 2.75) is 37.8 Å². The van der Waals surface area contributed by atoms with Crippen LogP contribution in [0.5, 0.6) is 0 Å². The monoisotopic (exact) mass is 210 g/mol.